The maximum Gasteiger partial charge on any atom is 0.238 e. The van der Waals surface area contributed by atoms with Gasteiger partial charge in [0, 0.05) is 16.6 Å². The van der Waals surface area contributed by atoms with E-state index in [1.807, 2.05) is 26.0 Å². The first kappa shape index (κ1) is 21.7. The highest BCUT2D eigenvalue weighted by Gasteiger charge is 2.15. The summed E-state index contributed by atoms with van der Waals surface area (Å²) in [5, 5.41) is 8.50. The van der Waals surface area contributed by atoms with Crippen LogP contribution in [0.5, 0.6) is 11.5 Å². The van der Waals surface area contributed by atoms with Crippen molar-refractivity contribution in [2.45, 2.75) is 37.8 Å². The summed E-state index contributed by atoms with van der Waals surface area (Å²) in [5.74, 6) is 1.43. The van der Waals surface area contributed by atoms with Crippen LogP contribution in [0.25, 0.3) is 0 Å². The molecular formula is C19H25BrN2O4S. The molecule has 0 heterocycles. The predicted octanol–water partition coefficient (Wildman–Crippen LogP) is 3.22. The summed E-state index contributed by atoms with van der Waals surface area (Å²) in [5.41, 5.74) is 2.02. The van der Waals surface area contributed by atoms with E-state index in [-0.39, 0.29) is 11.0 Å². The van der Waals surface area contributed by atoms with Gasteiger partial charge in [-0.3, -0.25) is 0 Å². The van der Waals surface area contributed by atoms with E-state index in [9.17, 15) is 8.42 Å². The van der Waals surface area contributed by atoms with Crippen LogP contribution in [0.2, 0.25) is 0 Å². The summed E-state index contributed by atoms with van der Waals surface area (Å²) in [6.45, 7) is 5.28. The van der Waals surface area contributed by atoms with Crippen molar-refractivity contribution >= 4 is 26.0 Å². The van der Waals surface area contributed by atoms with Gasteiger partial charge in [0.2, 0.25) is 10.0 Å². The fraction of sp³-hybridized carbons (Fsp3) is 0.368. The van der Waals surface area contributed by atoms with Crippen molar-refractivity contribution in [3.05, 3.63) is 52.0 Å². The molecule has 0 unspecified atom stereocenters. The third-order valence-electron chi connectivity index (χ3n) is 3.88. The minimum absolute atomic E-state index is 0.0317. The summed E-state index contributed by atoms with van der Waals surface area (Å²) in [7, 11) is -2.03. The highest BCUT2D eigenvalue weighted by molar-refractivity contribution is 9.10. The molecule has 0 aromatic heterocycles. The van der Waals surface area contributed by atoms with Crippen LogP contribution in [0.15, 0.2) is 45.8 Å². The summed E-state index contributed by atoms with van der Waals surface area (Å²) < 4.78 is 34.9. The summed E-state index contributed by atoms with van der Waals surface area (Å²) in [4.78, 5) is 0.120. The van der Waals surface area contributed by atoms with Crippen LogP contribution >= 0.6 is 15.9 Å². The van der Waals surface area contributed by atoms with Crippen molar-refractivity contribution in [3.63, 3.8) is 0 Å². The van der Waals surface area contributed by atoms with Crippen molar-refractivity contribution in [2.24, 2.45) is 5.14 Å². The molecule has 0 spiro atoms. The van der Waals surface area contributed by atoms with Crippen LogP contribution in [0, 0.1) is 0 Å². The maximum absolute atomic E-state index is 11.3. The van der Waals surface area contributed by atoms with Gasteiger partial charge in [-0.15, -0.1) is 0 Å². The largest absolute Gasteiger partial charge is 0.493 e. The number of hydrogen-bond donors (Lipinski definition) is 2. The summed E-state index contributed by atoms with van der Waals surface area (Å²) in [6, 6.07) is 10.4. The van der Waals surface area contributed by atoms with Crippen molar-refractivity contribution in [3.8, 4) is 11.5 Å². The maximum atomic E-state index is 11.3. The number of hydrogen-bond acceptors (Lipinski definition) is 5. The number of methoxy groups -OCH3 is 1. The molecule has 0 aliphatic carbocycles. The molecule has 0 aliphatic heterocycles. The zero-order valence-electron chi connectivity index (χ0n) is 15.7. The van der Waals surface area contributed by atoms with E-state index in [4.69, 9.17) is 14.6 Å². The average Bonchev–Trinajstić information content (AvgIpc) is 2.60. The van der Waals surface area contributed by atoms with Gasteiger partial charge in [0.15, 0.2) is 11.5 Å². The number of sulfonamides is 1. The van der Waals surface area contributed by atoms with Crippen LogP contribution in [-0.4, -0.2) is 28.2 Å². The normalized spacial score (nSPS) is 11.6. The zero-order valence-corrected chi connectivity index (χ0v) is 18.1. The smallest absolute Gasteiger partial charge is 0.238 e. The first-order valence-electron chi connectivity index (χ1n) is 8.57. The Morgan fingerprint density at radius 1 is 1.15 bits per heavy atom. The Morgan fingerprint density at radius 2 is 1.81 bits per heavy atom. The molecule has 3 N–H and O–H groups in total. The highest BCUT2D eigenvalue weighted by Crippen LogP contribution is 2.36. The number of nitrogens with two attached hydrogens (primary N) is 1. The van der Waals surface area contributed by atoms with Crippen molar-refractivity contribution in [2.75, 3.05) is 13.7 Å². The highest BCUT2D eigenvalue weighted by atomic mass is 79.9. The molecule has 8 heteroatoms. The Hall–Kier alpha value is -1.61. The molecule has 0 saturated carbocycles. The monoisotopic (exact) mass is 456 g/mol. The molecule has 2 rings (SSSR count). The van der Waals surface area contributed by atoms with E-state index in [1.54, 1.807) is 19.2 Å². The molecule has 2 aromatic rings. The van der Waals surface area contributed by atoms with E-state index in [1.165, 1.54) is 12.1 Å². The topological polar surface area (TPSA) is 90.6 Å². The second kappa shape index (κ2) is 9.54. The molecule has 0 amide bonds. The van der Waals surface area contributed by atoms with Gasteiger partial charge in [-0.05, 0) is 56.6 Å². The van der Waals surface area contributed by atoms with E-state index < -0.39 is 10.0 Å². The molecule has 27 heavy (non-hydrogen) atoms. The SMILES string of the molecule is COc1ccc(Br)c(CNCCc2ccc(S(N)(=O)=O)cc2)c1OC(C)C. The minimum atomic E-state index is -3.65. The lowest BCUT2D eigenvalue weighted by Gasteiger charge is -2.19. The molecule has 0 aliphatic rings. The number of benzene rings is 2. The number of nitrogens with one attached hydrogen (secondary N) is 1. The number of primary sulfonamides is 1. The average molecular weight is 457 g/mol. The lowest BCUT2D eigenvalue weighted by Crippen LogP contribution is -2.19. The van der Waals surface area contributed by atoms with E-state index >= 15 is 0 Å². The van der Waals surface area contributed by atoms with Crippen LogP contribution in [0.4, 0.5) is 0 Å². The van der Waals surface area contributed by atoms with Gasteiger partial charge in [0.25, 0.3) is 0 Å². The third kappa shape index (κ3) is 6.21. The van der Waals surface area contributed by atoms with Gasteiger partial charge in [-0.2, -0.15) is 0 Å². The summed E-state index contributed by atoms with van der Waals surface area (Å²) >= 11 is 3.58. The second-order valence-corrected chi connectivity index (χ2v) is 8.76. The summed E-state index contributed by atoms with van der Waals surface area (Å²) in [6.07, 6.45) is 0.789. The molecular weight excluding hydrogens is 432 g/mol. The Kier molecular flexibility index (Phi) is 7.67. The van der Waals surface area contributed by atoms with Gasteiger partial charge in [-0.1, -0.05) is 28.1 Å². The lowest BCUT2D eigenvalue weighted by atomic mass is 10.1. The Balaban J connectivity index is 2.01. The van der Waals surface area contributed by atoms with Crippen LogP contribution in [0.1, 0.15) is 25.0 Å². The fourth-order valence-electron chi connectivity index (χ4n) is 2.56. The van der Waals surface area contributed by atoms with E-state index in [0.29, 0.717) is 12.3 Å². The molecule has 2 aromatic carbocycles. The third-order valence-corrected chi connectivity index (χ3v) is 5.56. The van der Waals surface area contributed by atoms with Crippen molar-refractivity contribution in [1.82, 2.24) is 5.32 Å². The first-order valence-corrected chi connectivity index (χ1v) is 10.9. The van der Waals surface area contributed by atoms with Crippen molar-refractivity contribution < 1.29 is 17.9 Å². The first-order chi connectivity index (χ1) is 12.7. The van der Waals surface area contributed by atoms with E-state index in [2.05, 4.69) is 21.2 Å². The van der Waals surface area contributed by atoms with Crippen LogP contribution in [0.3, 0.4) is 0 Å². The number of halogens is 1. The van der Waals surface area contributed by atoms with Gasteiger partial charge in [0.05, 0.1) is 18.1 Å². The predicted molar refractivity (Wildman–Crippen MR) is 110 cm³/mol. The van der Waals surface area contributed by atoms with Gasteiger partial charge >= 0.3 is 0 Å². The molecule has 6 nitrogen and oxygen atoms in total. The molecule has 148 valence electrons. The van der Waals surface area contributed by atoms with Crippen LogP contribution < -0.4 is 19.9 Å². The minimum Gasteiger partial charge on any atom is -0.493 e. The molecule has 0 radical (unpaired) electrons. The quantitative estimate of drug-likeness (QED) is 0.565. The Bertz CT molecular complexity index is 868. The molecule has 0 bridgehead atoms. The van der Waals surface area contributed by atoms with Crippen molar-refractivity contribution in [1.29, 1.82) is 0 Å². The van der Waals surface area contributed by atoms with E-state index in [0.717, 1.165) is 34.3 Å². The van der Waals surface area contributed by atoms with Gasteiger partial charge in [0.1, 0.15) is 0 Å². The number of rotatable bonds is 9. The lowest BCUT2D eigenvalue weighted by molar-refractivity contribution is 0.227. The standard InChI is InChI=1S/C19H25BrN2O4S/c1-13(2)26-19-16(17(20)8-9-18(19)25-3)12-22-11-10-14-4-6-15(7-5-14)27(21,23)24/h4-9,13,22H,10-12H2,1-3H3,(H2,21,23,24). The fourth-order valence-corrected chi connectivity index (χ4v) is 3.53. The molecule has 0 fully saturated rings. The zero-order chi connectivity index (χ0) is 20.0. The van der Waals surface area contributed by atoms with Crippen LogP contribution in [-0.2, 0) is 23.0 Å². The number of ether oxygens (including phenoxy) is 2. The Morgan fingerprint density at radius 3 is 2.37 bits per heavy atom. The second-order valence-electron chi connectivity index (χ2n) is 6.34. The van der Waals surface area contributed by atoms with Gasteiger partial charge < -0.3 is 14.8 Å². The Labute approximate surface area is 169 Å². The molecule has 0 saturated heterocycles. The van der Waals surface area contributed by atoms with Gasteiger partial charge in [-0.25, -0.2) is 13.6 Å². The molecule has 0 atom stereocenters.